The van der Waals surface area contributed by atoms with Crippen LogP contribution >= 0.6 is 11.6 Å². The average Bonchev–Trinajstić information content (AvgIpc) is 2.38. The Morgan fingerprint density at radius 3 is 2.42 bits per heavy atom. The number of halogens is 1. The summed E-state index contributed by atoms with van der Waals surface area (Å²) in [6.07, 6.45) is 3.34. The maximum absolute atomic E-state index is 12.1. The Labute approximate surface area is 117 Å². The highest BCUT2D eigenvalue weighted by atomic mass is 35.5. The van der Waals surface area contributed by atoms with E-state index in [0.29, 0.717) is 11.4 Å². The fourth-order valence-electron chi connectivity index (χ4n) is 1.58. The second-order valence-corrected chi connectivity index (χ2v) is 6.61. The molecule has 0 bridgehead atoms. The molecule has 0 aliphatic rings. The van der Waals surface area contributed by atoms with E-state index in [1.165, 1.54) is 12.4 Å². The Kier molecular flexibility index (Phi) is 4.17. The molecule has 1 aromatic carbocycles. The van der Waals surface area contributed by atoms with Gasteiger partial charge in [-0.15, -0.1) is 0 Å². The van der Waals surface area contributed by atoms with E-state index in [-0.39, 0.29) is 10.9 Å². The van der Waals surface area contributed by atoms with Crippen molar-refractivity contribution in [2.45, 2.75) is 18.5 Å². The topological polar surface area (TPSA) is 59.9 Å². The third-order valence-corrected chi connectivity index (χ3v) is 4.51. The van der Waals surface area contributed by atoms with E-state index in [2.05, 4.69) is 9.97 Å². The maximum atomic E-state index is 12.1. The maximum Gasteiger partial charge on any atom is 0.247 e. The SMILES string of the molecule is Cc1cnc(S(=O)(=O)CCc2ccccc2Cl)nc1. The van der Waals surface area contributed by atoms with E-state index in [4.69, 9.17) is 11.6 Å². The van der Waals surface area contributed by atoms with Crippen molar-refractivity contribution in [1.29, 1.82) is 0 Å². The highest BCUT2D eigenvalue weighted by molar-refractivity contribution is 7.91. The van der Waals surface area contributed by atoms with Crippen molar-refractivity contribution in [1.82, 2.24) is 9.97 Å². The Morgan fingerprint density at radius 1 is 1.16 bits per heavy atom. The predicted octanol–water partition coefficient (Wildman–Crippen LogP) is 2.45. The summed E-state index contributed by atoms with van der Waals surface area (Å²) in [5, 5.41) is 0.438. The number of benzene rings is 1. The third kappa shape index (κ3) is 3.52. The van der Waals surface area contributed by atoms with Gasteiger partial charge in [0.2, 0.25) is 15.0 Å². The molecule has 1 heterocycles. The average molecular weight is 297 g/mol. The van der Waals surface area contributed by atoms with Gasteiger partial charge in [-0.2, -0.15) is 0 Å². The van der Waals surface area contributed by atoms with Crippen LogP contribution in [0.4, 0.5) is 0 Å². The number of nitrogens with zero attached hydrogens (tertiary/aromatic N) is 2. The summed E-state index contributed by atoms with van der Waals surface area (Å²) in [4.78, 5) is 7.71. The molecule has 0 aliphatic heterocycles. The molecule has 0 amide bonds. The number of sulfone groups is 1. The quantitative estimate of drug-likeness (QED) is 0.813. The molecule has 0 radical (unpaired) electrons. The highest BCUT2D eigenvalue weighted by Gasteiger charge is 2.18. The van der Waals surface area contributed by atoms with Gasteiger partial charge < -0.3 is 0 Å². The van der Waals surface area contributed by atoms with E-state index in [0.717, 1.165) is 11.1 Å². The Balaban J connectivity index is 2.14. The minimum absolute atomic E-state index is 0.0558. The van der Waals surface area contributed by atoms with Crippen LogP contribution in [0.3, 0.4) is 0 Å². The van der Waals surface area contributed by atoms with E-state index in [1.807, 2.05) is 18.2 Å². The van der Waals surface area contributed by atoms with Gasteiger partial charge in [-0.1, -0.05) is 29.8 Å². The van der Waals surface area contributed by atoms with Crippen LogP contribution < -0.4 is 0 Å². The number of hydrogen-bond acceptors (Lipinski definition) is 4. The molecule has 0 fully saturated rings. The molecule has 19 heavy (non-hydrogen) atoms. The summed E-state index contributed by atoms with van der Waals surface area (Å²) in [6.45, 7) is 1.81. The molecule has 2 aromatic rings. The first-order valence-electron chi connectivity index (χ1n) is 5.74. The van der Waals surface area contributed by atoms with Crippen molar-refractivity contribution in [2.24, 2.45) is 0 Å². The molecular weight excluding hydrogens is 284 g/mol. The van der Waals surface area contributed by atoms with Crippen LogP contribution in [0.15, 0.2) is 41.8 Å². The lowest BCUT2D eigenvalue weighted by Gasteiger charge is -2.05. The van der Waals surface area contributed by atoms with E-state index < -0.39 is 9.84 Å². The molecule has 0 saturated carbocycles. The van der Waals surface area contributed by atoms with Crippen LogP contribution in [-0.4, -0.2) is 24.1 Å². The largest absolute Gasteiger partial charge is 0.247 e. The van der Waals surface area contributed by atoms with Gasteiger partial charge in [0.15, 0.2) is 0 Å². The molecule has 0 spiro atoms. The second kappa shape index (κ2) is 5.67. The van der Waals surface area contributed by atoms with Gasteiger partial charge in [-0.3, -0.25) is 0 Å². The van der Waals surface area contributed by atoms with Gasteiger partial charge in [0.25, 0.3) is 0 Å². The Bertz CT molecular complexity index is 669. The summed E-state index contributed by atoms with van der Waals surface area (Å²) in [7, 11) is -3.47. The Hall–Kier alpha value is -1.46. The van der Waals surface area contributed by atoms with E-state index in [9.17, 15) is 8.42 Å². The van der Waals surface area contributed by atoms with Crippen LogP contribution in [0.5, 0.6) is 0 Å². The normalized spacial score (nSPS) is 11.5. The molecule has 0 atom stereocenters. The molecule has 0 saturated heterocycles. The van der Waals surface area contributed by atoms with Crippen molar-refractivity contribution >= 4 is 21.4 Å². The first-order chi connectivity index (χ1) is 8.99. The standard InChI is InChI=1S/C13H13ClN2O2S/c1-10-8-15-13(16-9-10)19(17,18)7-6-11-4-2-3-5-12(11)14/h2-5,8-9H,6-7H2,1H3. The summed E-state index contributed by atoms with van der Waals surface area (Å²) in [5.41, 5.74) is 1.63. The van der Waals surface area contributed by atoms with E-state index in [1.54, 1.807) is 13.0 Å². The number of hydrogen-bond donors (Lipinski definition) is 0. The highest BCUT2D eigenvalue weighted by Crippen LogP contribution is 2.17. The lowest BCUT2D eigenvalue weighted by atomic mass is 10.2. The number of aromatic nitrogens is 2. The fraction of sp³-hybridized carbons (Fsp3) is 0.231. The molecule has 0 aliphatic carbocycles. The first kappa shape index (κ1) is 14.0. The predicted molar refractivity (Wildman–Crippen MR) is 74.0 cm³/mol. The van der Waals surface area contributed by atoms with Crippen LogP contribution in [0, 0.1) is 6.92 Å². The van der Waals surface area contributed by atoms with Gasteiger partial charge >= 0.3 is 0 Å². The Morgan fingerprint density at radius 2 is 1.79 bits per heavy atom. The van der Waals surface area contributed by atoms with Crippen molar-refractivity contribution < 1.29 is 8.42 Å². The fourth-order valence-corrected chi connectivity index (χ4v) is 2.91. The summed E-state index contributed by atoms with van der Waals surface area (Å²) >= 11 is 5.99. The van der Waals surface area contributed by atoms with Crippen LogP contribution in [-0.2, 0) is 16.3 Å². The lowest BCUT2D eigenvalue weighted by Crippen LogP contribution is -2.13. The minimum atomic E-state index is -3.47. The van der Waals surface area contributed by atoms with Crippen LogP contribution in [0.1, 0.15) is 11.1 Å². The van der Waals surface area contributed by atoms with Gasteiger partial charge in [-0.25, -0.2) is 18.4 Å². The zero-order valence-corrected chi connectivity index (χ0v) is 11.9. The zero-order valence-electron chi connectivity index (χ0n) is 10.4. The van der Waals surface area contributed by atoms with E-state index >= 15 is 0 Å². The molecule has 4 nitrogen and oxygen atoms in total. The minimum Gasteiger partial charge on any atom is -0.227 e. The summed E-state index contributed by atoms with van der Waals surface area (Å²) in [5.74, 6) is -0.0558. The van der Waals surface area contributed by atoms with Gasteiger partial charge in [0, 0.05) is 17.4 Å². The van der Waals surface area contributed by atoms with Crippen molar-refractivity contribution in [3.8, 4) is 0 Å². The van der Waals surface area contributed by atoms with Gasteiger partial charge in [0.05, 0.1) is 5.75 Å². The molecule has 100 valence electrons. The van der Waals surface area contributed by atoms with Gasteiger partial charge in [-0.05, 0) is 30.5 Å². The third-order valence-electron chi connectivity index (χ3n) is 2.63. The summed E-state index contributed by atoms with van der Waals surface area (Å²) < 4.78 is 24.1. The zero-order chi connectivity index (χ0) is 13.9. The number of rotatable bonds is 4. The first-order valence-corrected chi connectivity index (χ1v) is 7.77. The molecule has 0 unspecified atom stereocenters. The van der Waals surface area contributed by atoms with Crippen molar-refractivity contribution in [2.75, 3.05) is 5.75 Å². The molecule has 2 rings (SSSR count). The second-order valence-electron chi connectivity index (χ2n) is 4.20. The molecular formula is C13H13ClN2O2S. The summed E-state index contributed by atoms with van der Waals surface area (Å²) in [6, 6.07) is 7.19. The number of aryl methyl sites for hydroxylation is 2. The molecule has 0 N–H and O–H groups in total. The van der Waals surface area contributed by atoms with Crippen LogP contribution in [0.25, 0.3) is 0 Å². The molecule has 6 heteroatoms. The van der Waals surface area contributed by atoms with Gasteiger partial charge in [0.1, 0.15) is 0 Å². The monoisotopic (exact) mass is 296 g/mol. The van der Waals surface area contributed by atoms with Crippen molar-refractivity contribution in [3.05, 3.63) is 52.8 Å². The smallest absolute Gasteiger partial charge is 0.227 e. The lowest BCUT2D eigenvalue weighted by molar-refractivity contribution is 0.586. The van der Waals surface area contributed by atoms with Crippen LogP contribution in [0.2, 0.25) is 5.02 Å². The molecule has 1 aromatic heterocycles. The van der Waals surface area contributed by atoms with Crippen molar-refractivity contribution in [3.63, 3.8) is 0 Å².